The van der Waals surface area contributed by atoms with Crippen LogP contribution < -0.4 is 0 Å². The number of fused-ring (bicyclic) bond motifs is 1. The SMILES string of the molecule is Cc1ccccc1-c1ccc(C2CCCN3CCSN=C23)cc1. The number of amidine groups is 1. The highest BCUT2D eigenvalue weighted by Crippen LogP contribution is 2.34. The molecule has 0 amide bonds. The maximum atomic E-state index is 4.76. The Kier molecular flexibility index (Phi) is 4.13. The predicted octanol–water partition coefficient (Wildman–Crippen LogP) is 4.90. The first-order valence-electron chi connectivity index (χ1n) is 8.44. The summed E-state index contributed by atoms with van der Waals surface area (Å²) in [7, 11) is 0. The van der Waals surface area contributed by atoms with Gasteiger partial charge >= 0.3 is 0 Å². The van der Waals surface area contributed by atoms with Gasteiger partial charge in [0.1, 0.15) is 5.84 Å². The summed E-state index contributed by atoms with van der Waals surface area (Å²) >= 11 is 1.73. The Morgan fingerprint density at radius 1 is 1.04 bits per heavy atom. The molecule has 1 atom stereocenters. The second-order valence-corrected chi connectivity index (χ2v) is 7.25. The number of piperidine rings is 1. The van der Waals surface area contributed by atoms with Gasteiger partial charge in [-0.15, -0.1) is 0 Å². The molecule has 0 aliphatic carbocycles. The van der Waals surface area contributed by atoms with Crippen LogP contribution in [0, 0.1) is 6.92 Å². The van der Waals surface area contributed by atoms with Gasteiger partial charge in [-0.05, 0) is 54.0 Å². The number of benzene rings is 2. The standard InChI is InChI=1S/C20H22N2S/c1-15-5-2-3-6-18(15)16-8-10-17(11-9-16)19-7-4-12-22-13-14-23-21-20(19)22/h2-3,5-6,8-11,19H,4,7,12-14H2,1H3. The third kappa shape index (κ3) is 2.90. The van der Waals surface area contributed by atoms with Crippen LogP contribution in [-0.4, -0.2) is 29.6 Å². The fraction of sp³-hybridized carbons (Fsp3) is 0.350. The first-order valence-corrected chi connectivity index (χ1v) is 9.38. The average Bonchev–Trinajstić information content (AvgIpc) is 2.62. The van der Waals surface area contributed by atoms with Gasteiger partial charge in [0.25, 0.3) is 0 Å². The lowest BCUT2D eigenvalue weighted by molar-refractivity contribution is 0.371. The molecule has 0 bridgehead atoms. The lowest BCUT2D eigenvalue weighted by atomic mass is 9.88. The van der Waals surface area contributed by atoms with Crippen LogP contribution in [0.5, 0.6) is 0 Å². The topological polar surface area (TPSA) is 15.6 Å². The van der Waals surface area contributed by atoms with Crippen molar-refractivity contribution in [2.45, 2.75) is 25.7 Å². The van der Waals surface area contributed by atoms with Gasteiger partial charge in [-0.3, -0.25) is 0 Å². The van der Waals surface area contributed by atoms with Crippen molar-refractivity contribution in [3.8, 4) is 11.1 Å². The van der Waals surface area contributed by atoms with Crippen LogP contribution in [0.25, 0.3) is 11.1 Å². The van der Waals surface area contributed by atoms with E-state index in [4.69, 9.17) is 4.40 Å². The highest BCUT2D eigenvalue weighted by molar-refractivity contribution is 7.98. The van der Waals surface area contributed by atoms with Gasteiger partial charge in [-0.25, -0.2) is 4.40 Å². The molecule has 2 aliphatic heterocycles. The minimum atomic E-state index is 0.475. The third-order valence-corrected chi connectivity index (χ3v) is 5.62. The minimum Gasteiger partial charge on any atom is -0.358 e. The van der Waals surface area contributed by atoms with Crippen molar-refractivity contribution in [3.63, 3.8) is 0 Å². The molecule has 0 N–H and O–H groups in total. The van der Waals surface area contributed by atoms with E-state index in [0.29, 0.717) is 5.92 Å². The summed E-state index contributed by atoms with van der Waals surface area (Å²) in [4.78, 5) is 2.49. The molecule has 0 radical (unpaired) electrons. The summed E-state index contributed by atoms with van der Waals surface area (Å²) in [5, 5.41) is 0. The Morgan fingerprint density at radius 3 is 2.70 bits per heavy atom. The zero-order valence-electron chi connectivity index (χ0n) is 13.5. The molecule has 2 nitrogen and oxygen atoms in total. The largest absolute Gasteiger partial charge is 0.358 e. The van der Waals surface area contributed by atoms with Crippen LogP contribution in [0.1, 0.15) is 29.9 Å². The molecule has 2 aliphatic rings. The van der Waals surface area contributed by atoms with E-state index in [0.717, 1.165) is 12.3 Å². The summed E-state index contributed by atoms with van der Waals surface area (Å²) in [6, 6.07) is 17.7. The monoisotopic (exact) mass is 322 g/mol. The Bertz CT molecular complexity index is 721. The van der Waals surface area contributed by atoms with E-state index in [1.165, 1.54) is 47.5 Å². The smallest absolute Gasteiger partial charge is 0.120 e. The van der Waals surface area contributed by atoms with Crippen molar-refractivity contribution >= 4 is 17.8 Å². The molecule has 23 heavy (non-hydrogen) atoms. The first kappa shape index (κ1) is 14.8. The zero-order chi connectivity index (χ0) is 15.6. The summed E-state index contributed by atoms with van der Waals surface area (Å²) in [6.45, 7) is 4.51. The van der Waals surface area contributed by atoms with Crippen LogP contribution in [-0.2, 0) is 0 Å². The lowest BCUT2D eigenvalue weighted by Crippen LogP contribution is -2.42. The molecule has 1 fully saturated rings. The molecule has 0 aromatic heterocycles. The van der Waals surface area contributed by atoms with Gasteiger partial charge < -0.3 is 4.90 Å². The Hall–Kier alpha value is -1.74. The van der Waals surface area contributed by atoms with Crippen LogP contribution in [0.15, 0.2) is 52.9 Å². The zero-order valence-corrected chi connectivity index (χ0v) is 14.4. The molecule has 4 rings (SSSR count). The number of aryl methyl sites for hydroxylation is 1. The fourth-order valence-electron chi connectivity index (χ4n) is 3.67. The molecule has 2 aromatic carbocycles. The van der Waals surface area contributed by atoms with Crippen molar-refractivity contribution in [1.82, 2.24) is 4.90 Å². The van der Waals surface area contributed by atoms with E-state index in [1.54, 1.807) is 11.9 Å². The van der Waals surface area contributed by atoms with Gasteiger partial charge in [-0.2, -0.15) is 0 Å². The second kappa shape index (κ2) is 6.40. The van der Waals surface area contributed by atoms with Crippen molar-refractivity contribution in [2.75, 3.05) is 18.8 Å². The molecular weight excluding hydrogens is 300 g/mol. The van der Waals surface area contributed by atoms with Crippen LogP contribution in [0.4, 0.5) is 0 Å². The fourth-order valence-corrected chi connectivity index (χ4v) is 4.44. The van der Waals surface area contributed by atoms with Crippen LogP contribution in [0.2, 0.25) is 0 Å². The molecular formula is C20H22N2S. The van der Waals surface area contributed by atoms with E-state index in [2.05, 4.69) is 60.4 Å². The van der Waals surface area contributed by atoms with Crippen molar-refractivity contribution < 1.29 is 0 Å². The summed E-state index contributed by atoms with van der Waals surface area (Å²) in [5.41, 5.74) is 5.37. The highest BCUT2D eigenvalue weighted by Gasteiger charge is 2.29. The van der Waals surface area contributed by atoms with Gasteiger partial charge in [0.2, 0.25) is 0 Å². The van der Waals surface area contributed by atoms with Gasteiger partial charge in [0.15, 0.2) is 0 Å². The number of hydrogen-bond donors (Lipinski definition) is 0. The second-order valence-electron chi connectivity index (χ2n) is 6.40. The summed E-state index contributed by atoms with van der Waals surface area (Å²) in [5.74, 6) is 2.90. The van der Waals surface area contributed by atoms with Crippen molar-refractivity contribution in [2.24, 2.45) is 4.40 Å². The maximum Gasteiger partial charge on any atom is 0.120 e. The molecule has 2 aromatic rings. The van der Waals surface area contributed by atoms with Crippen molar-refractivity contribution in [3.05, 3.63) is 59.7 Å². The highest BCUT2D eigenvalue weighted by atomic mass is 32.2. The summed E-state index contributed by atoms with van der Waals surface area (Å²) in [6.07, 6.45) is 2.49. The predicted molar refractivity (Wildman–Crippen MR) is 100 cm³/mol. The Labute approximate surface area is 142 Å². The first-order chi connectivity index (χ1) is 11.3. The maximum absolute atomic E-state index is 4.76. The van der Waals surface area contributed by atoms with Gasteiger partial charge in [0.05, 0.1) is 0 Å². The molecule has 1 saturated heterocycles. The van der Waals surface area contributed by atoms with Crippen LogP contribution in [0.3, 0.4) is 0 Å². The van der Waals surface area contributed by atoms with E-state index >= 15 is 0 Å². The van der Waals surface area contributed by atoms with Crippen molar-refractivity contribution in [1.29, 1.82) is 0 Å². The molecule has 118 valence electrons. The van der Waals surface area contributed by atoms with Gasteiger partial charge in [0, 0.05) is 24.8 Å². The van der Waals surface area contributed by atoms with E-state index in [9.17, 15) is 0 Å². The molecule has 3 heteroatoms. The summed E-state index contributed by atoms with van der Waals surface area (Å²) < 4.78 is 4.76. The third-order valence-electron chi connectivity index (χ3n) is 4.94. The quantitative estimate of drug-likeness (QED) is 0.731. The molecule has 0 spiro atoms. The molecule has 1 unspecified atom stereocenters. The number of nitrogens with zero attached hydrogens (tertiary/aromatic N) is 2. The Balaban J connectivity index is 1.63. The minimum absolute atomic E-state index is 0.475. The van der Waals surface area contributed by atoms with E-state index in [1.807, 2.05) is 0 Å². The lowest BCUT2D eigenvalue weighted by Gasteiger charge is -2.37. The Morgan fingerprint density at radius 2 is 1.87 bits per heavy atom. The van der Waals surface area contributed by atoms with Crippen LogP contribution >= 0.6 is 11.9 Å². The average molecular weight is 322 g/mol. The number of rotatable bonds is 2. The molecule has 2 heterocycles. The number of hydrogen-bond acceptors (Lipinski definition) is 3. The molecule has 0 saturated carbocycles. The normalized spacial score (nSPS) is 20.8. The van der Waals surface area contributed by atoms with Gasteiger partial charge in [-0.1, -0.05) is 48.5 Å². The van der Waals surface area contributed by atoms with E-state index in [-0.39, 0.29) is 0 Å². The van der Waals surface area contributed by atoms with E-state index < -0.39 is 0 Å².